The molecule has 0 bridgehead atoms. The van der Waals surface area contributed by atoms with E-state index in [1.165, 1.54) is 14.2 Å². The van der Waals surface area contributed by atoms with Gasteiger partial charge in [0.15, 0.2) is 5.11 Å². The molecular weight excluding hydrogens is 574 g/mol. The van der Waals surface area contributed by atoms with E-state index >= 15 is 0 Å². The van der Waals surface area contributed by atoms with Crippen molar-refractivity contribution < 1.29 is 22.7 Å². The summed E-state index contributed by atoms with van der Waals surface area (Å²) >= 11 is 5.89. The van der Waals surface area contributed by atoms with Crippen molar-refractivity contribution >= 4 is 44.7 Å². The van der Waals surface area contributed by atoms with Gasteiger partial charge in [0.05, 0.1) is 55.2 Å². The van der Waals surface area contributed by atoms with Crippen molar-refractivity contribution in [1.29, 1.82) is 0 Å². The van der Waals surface area contributed by atoms with Crippen molar-refractivity contribution in [2.45, 2.75) is 25.9 Å². The number of pyridine rings is 1. The summed E-state index contributed by atoms with van der Waals surface area (Å²) < 4.78 is 39.3. The Labute approximate surface area is 250 Å². The minimum absolute atomic E-state index is 0.290. The second-order valence-corrected chi connectivity index (χ2v) is 12.1. The van der Waals surface area contributed by atoms with Gasteiger partial charge >= 0.3 is 5.97 Å². The monoisotopic (exact) mass is 605 g/mol. The molecule has 0 saturated carbocycles. The lowest BCUT2D eigenvalue weighted by molar-refractivity contribution is 0.0600. The Bertz CT molecular complexity index is 1770. The zero-order chi connectivity index (χ0) is 30.2. The van der Waals surface area contributed by atoms with Crippen LogP contribution in [0.2, 0.25) is 0 Å². The molecule has 5 rings (SSSR count). The molecule has 0 radical (unpaired) electrons. The van der Waals surface area contributed by atoms with Crippen LogP contribution in [0.25, 0.3) is 5.69 Å². The van der Waals surface area contributed by atoms with E-state index in [2.05, 4.69) is 21.1 Å². The van der Waals surface area contributed by atoms with E-state index in [0.717, 1.165) is 28.9 Å². The molecule has 0 aliphatic carbocycles. The number of hydrogen-bond acceptors (Lipinski definition) is 7. The molecule has 218 valence electrons. The molecule has 12 heteroatoms. The Morgan fingerprint density at radius 3 is 2.45 bits per heavy atom. The molecule has 42 heavy (non-hydrogen) atoms. The van der Waals surface area contributed by atoms with Gasteiger partial charge < -0.3 is 24.3 Å². The Kier molecular flexibility index (Phi) is 7.93. The molecule has 2 aromatic carbocycles. The summed E-state index contributed by atoms with van der Waals surface area (Å²) in [5.41, 5.74) is 5.63. The zero-order valence-electron chi connectivity index (χ0n) is 23.8. The van der Waals surface area contributed by atoms with Crippen LogP contribution in [0.3, 0.4) is 0 Å². The third kappa shape index (κ3) is 5.42. The van der Waals surface area contributed by atoms with Gasteiger partial charge in [-0.05, 0) is 80.2 Å². The number of rotatable bonds is 8. The summed E-state index contributed by atoms with van der Waals surface area (Å²) in [5, 5.41) is 3.89. The van der Waals surface area contributed by atoms with Crippen molar-refractivity contribution in [3.63, 3.8) is 0 Å². The Morgan fingerprint density at radius 1 is 1.05 bits per heavy atom. The summed E-state index contributed by atoms with van der Waals surface area (Å²) in [6.45, 7) is 3.98. The number of ether oxygens (including phenoxy) is 2. The fourth-order valence-electron chi connectivity index (χ4n) is 5.48. The number of thiocarbonyl (C=S) groups is 1. The van der Waals surface area contributed by atoms with Crippen LogP contribution < -0.4 is 19.7 Å². The number of esters is 1. The lowest BCUT2D eigenvalue weighted by atomic mass is 9.96. The lowest BCUT2D eigenvalue weighted by Gasteiger charge is -2.29. The molecule has 3 heterocycles. The second kappa shape index (κ2) is 11.5. The van der Waals surface area contributed by atoms with E-state index in [4.69, 9.17) is 21.7 Å². The van der Waals surface area contributed by atoms with Gasteiger partial charge in [0.2, 0.25) is 10.0 Å². The van der Waals surface area contributed by atoms with E-state index in [9.17, 15) is 13.2 Å². The number of para-hydroxylation sites is 1. The summed E-state index contributed by atoms with van der Waals surface area (Å²) in [4.78, 5) is 19.2. The number of hydrogen-bond donors (Lipinski definition) is 2. The minimum Gasteiger partial charge on any atom is -0.495 e. The molecule has 4 aromatic rings. The average Bonchev–Trinajstić information content (AvgIpc) is 3.46. The number of carbonyl (C=O) groups excluding carboxylic acids is 1. The molecular formula is C30H31N5O5S2. The van der Waals surface area contributed by atoms with Gasteiger partial charge in [0.25, 0.3) is 0 Å². The molecule has 0 spiro atoms. The third-order valence-corrected chi connectivity index (χ3v) is 8.10. The molecule has 10 nitrogen and oxygen atoms in total. The summed E-state index contributed by atoms with van der Waals surface area (Å²) in [7, 11) is -0.743. The number of aryl methyl sites for hydroxylation is 1. The molecule has 1 aliphatic heterocycles. The quantitative estimate of drug-likeness (QED) is 0.215. The standard InChI is InChI=1S/C30H31N5O5S2/c1-18-16-22(19(2)34(18)25-12-7-6-10-21(25)29(36)40-4)28-27(23-11-8-9-15-31-23)32-30(41)35(28)20-13-14-26(39-3)24(17-20)33-42(5,37)38/h6-17,27-28,33H,1-5H3,(H,32,41)/t27-,28-/m0/s1. The first-order valence-corrected chi connectivity index (χ1v) is 15.4. The SMILES string of the molecule is COC(=O)c1ccccc1-n1c(C)cc([C@H]2[C@H](c3ccccn3)NC(=S)N2c2ccc(OC)c(NS(C)(=O)=O)c2)c1C. The van der Waals surface area contributed by atoms with Crippen molar-refractivity contribution in [3.8, 4) is 11.4 Å². The fraction of sp³-hybridized carbons (Fsp3) is 0.233. The minimum atomic E-state index is -3.58. The molecule has 1 saturated heterocycles. The number of carbonyl (C=O) groups is 1. The molecule has 2 N–H and O–H groups in total. The number of nitrogens with one attached hydrogen (secondary N) is 2. The van der Waals surface area contributed by atoms with Crippen LogP contribution in [-0.4, -0.2) is 49.5 Å². The lowest BCUT2D eigenvalue weighted by Crippen LogP contribution is -2.29. The Balaban J connectivity index is 1.70. The summed E-state index contributed by atoms with van der Waals surface area (Å²) in [6, 6.07) is 19.6. The van der Waals surface area contributed by atoms with Crippen LogP contribution in [0.4, 0.5) is 11.4 Å². The number of anilines is 2. The van der Waals surface area contributed by atoms with E-state index in [1.807, 2.05) is 59.7 Å². The average molecular weight is 606 g/mol. The van der Waals surface area contributed by atoms with Crippen LogP contribution in [0.5, 0.6) is 5.75 Å². The van der Waals surface area contributed by atoms with Crippen molar-refractivity contribution in [2.75, 3.05) is 30.1 Å². The number of methoxy groups -OCH3 is 2. The van der Waals surface area contributed by atoms with E-state index < -0.39 is 16.0 Å². The van der Waals surface area contributed by atoms with Crippen molar-refractivity contribution in [2.24, 2.45) is 0 Å². The van der Waals surface area contributed by atoms with Crippen LogP contribution in [0, 0.1) is 13.8 Å². The zero-order valence-corrected chi connectivity index (χ0v) is 25.4. The largest absolute Gasteiger partial charge is 0.495 e. The second-order valence-electron chi connectivity index (χ2n) is 9.93. The summed E-state index contributed by atoms with van der Waals surface area (Å²) in [5.74, 6) is -0.0573. The Morgan fingerprint density at radius 2 is 1.79 bits per heavy atom. The maximum absolute atomic E-state index is 12.7. The smallest absolute Gasteiger partial charge is 0.339 e. The maximum Gasteiger partial charge on any atom is 0.339 e. The van der Waals surface area contributed by atoms with E-state index in [0.29, 0.717) is 27.8 Å². The number of benzene rings is 2. The normalized spacial score (nSPS) is 16.7. The van der Waals surface area contributed by atoms with Crippen LogP contribution in [-0.2, 0) is 14.8 Å². The highest BCUT2D eigenvalue weighted by atomic mass is 32.2. The fourth-order valence-corrected chi connectivity index (χ4v) is 6.39. The van der Waals surface area contributed by atoms with Crippen LogP contribution >= 0.6 is 12.2 Å². The molecule has 2 aromatic heterocycles. The van der Waals surface area contributed by atoms with E-state index in [-0.39, 0.29) is 17.8 Å². The first-order chi connectivity index (χ1) is 20.0. The molecule has 1 aliphatic rings. The predicted molar refractivity (Wildman–Crippen MR) is 166 cm³/mol. The number of nitrogens with zero attached hydrogens (tertiary/aromatic N) is 3. The van der Waals surface area contributed by atoms with Crippen LogP contribution in [0.1, 0.15) is 45.1 Å². The third-order valence-electron chi connectivity index (χ3n) is 7.19. The molecule has 1 fully saturated rings. The van der Waals surface area contributed by atoms with Crippen LogP contribution in [0.15, 0.2) is 72.9 Å². The maximum atomic E-state index is 12.7. The first kappa shape index (κ1) is 29.1. The van der Waals surface area contributed by atoms with Gasteiger partial charge in [0, 0.05) is 23.3 Å². The highest BCUT2D eigenvalue weighted by Gasteiger charge is 2.42. The predicted octanol–water partition coefficient (Wildman–Crippen LogP) is 4.83. The van der Waals surface area contributed by atoms with Crippen molar-refractivity contribution in [1.82, 2.24) is 14.9 Å². The van der Waals surface area contributed by atoms with Gasteiger partial charge in [-0.3, -0.25) is 9.71 Å². The van der Waals surface area contributed by atoms with Gasteiger partial charge in [-0.2, -0.15) is 0 Å². The highest BCUT2D eigenvalue weighted by molar-refractivity contribution is 7.92. The highest BCUT2D eigenvalue weighted by Crippen LogP contribution is 2.45. The van der Waals surface area contributed by atoms with Gasteiger partial charge in [-0.15, -0.1) is 0 Å². The first-order valence-electron chi connectivity index (χ1n) is 13.1. The number of aromatic nitrogens is 2. The van der Waals surface area contributed by atoms with Gasteiger partial charge in [-0.1, -0.05) is 18.2 Å². The van der Waals surface area contributed by atoms with E-state index in [1.54, 1.807) is 30.5 Å². The Hall–Kier alpha value is -4.42. The van der Waals surface area contributed by atoms with Crippen molar-refractivity contribution in [3.05, 3.63) is 101 Å². The topological polar surface area (TPSA) is 115 Å². The van der Waals surface area contributed by atoms with Gasteiger partial charge in [-0.25, -0.2) is 13.2 Å². The molecule has 0 unspecified atom stereocenters. The number of sulfonamides is 1. The molecule has 2 atom stereocenters. The summed E-state index contributed by atoms with van der Waals surface area (Å²) in [6.07, 6.45) is 2.82. The van der Waals surface area contributed by atoms with Gasteiger partial charge in [0.1, 0.15) is 5.75 Å². The molecule has 0 amide bonds.